The molecule has 0 aromatic heterocycles. The van der Waals surface area contributed by atoms with Gasteiger partial charge in [-0.05, 0) is 197 Å². The van der Waals surface area contributed by atoms with Gasteiger partial charge in [0.25, 0.3) is 0 Å². The molecule has 15 saturated carbocycles. The summed E-state index contributed by atoms with van der Waals surface area (Å²) in [6.45, 7) is 13.4. The maximum atomic E-state index is 14.0. The molecule has 0 spiro atoms. The summed E-state index contributed by atoms with van der Waals surface area (Å²) in [7, 11) is 0. The van der Waals surface area contributed by atoms with E-state index < -0.39 is 249 Å². The van der Waals surface area contributed by atoms with Gasteiger partial charge in [-0.25, -0.2) is 28.8 Å². The quantitative estimate of drug-likeness (QED) is 0.0205. The first-order chi connectivity index (χ1) is 63.2. The summed E-state index contributed by atoms with van der Waals surface area (Å²) < 4.78 is 502. The number of hydrogen-bond acceptors (Lipinski definition) is 22. The van der Waals surface area contributed by atoms with Crippen molar-refractivity contribution in [2.75, 3.05) is 59.5 Å². The average Bonchev–Trinajstić information content (AvgIpc) is 0.677. The average molecular weight is 2080 g/mol. The summed E-state index contributed by atoms with van der Waals surface area (Å²) in [5.41, 5.74) is -2.16. The molecule has 15 aliphatic rings. The van der Waals surface area contributed by atoms with E-state index in [2.05, 4.69) is 50.0 Å². The van der Waals surface area contributed by atoms with E-state index in [0.717, 1.165) is 44.9 Å². The molecule has 0 aromatic carbocycles. The Morgan fingerprint density at radius 1 is 0.338 bits per heavy atom. The van der Waals surface area contributed by atoms with Gasteiger partial charge in [-0.15, -0.1) is 0 Å². The van der Waals surface area contributed by atoms with Crippen molar-refractivity contribution in [2.45, 2.75) is 293 Å². The van der Waals surface area contributed by atoms with Gasteiger partial charge < -0.3 is 61.6 Å². The Hall–Kier alpha value is -8.28. The summed E-state index contributed by atoms with van der Waals surface area (Å²) in [6.07, 6.45) is -8.96. The summed E-state index contributed by atoms with van der Waals surface area (Å²) in [5, 5.41) is 0. The van der Waals surface area contributed by atoms with Crippen molar-refractivity contribution in [1.29, 1.82) is 0 Å². The SMILES string of the molecule is C=C(C)C(=O)OC12CC3CC(C1)C(OCCOC(=O)C(C(F)(F)F)C(F)(F)F)C(C3)C2.C=C(C)C(=O)OC12CC3CC(C1)C(OCCOC(=O)C(F)(F)C(F)(F)C(F)(F)F)C(C3)C2.C=C(C)C(=O)OC12CC3CC(CC(OCCOC(=O)C4C(F)(F)C(F)(F)C(F)(F)C(F)(F)C4(F)F)(C3)C1)C2.C=C(C)C(=O)OCC(=O)OC1CCC(OCCOC(=O)C2C(F)(F)C(F)(F)C(F)(F)C(F)(F)C2(F)F)CC1. The lowest BCUT2D eigenvalue weighted by Gasteiger charge is -2.60. The van der Waals surface area contributed by atoms with E-state index in [-0.39, 0.29) is 103 Å². The van der Waals surface area contributed by atoms with Gasteiger partial charge in [0.1, 0.15) is 49.3 Å². The summed E-state index contributed by atoms with van der Waals surface area (Å²) in [5.74, 6) is -109. The number of carbonyl (C=O) groups is 9. The third kappa shape index (κ3) is 22.5. The second kappa shape index (κ2) is 40.0. The summed E-state index contributed by atoms with van der Waals surface area (Å²) in [6, 6.07) is 0. The number of hydrogen-bond donors (Lipinski definition) is 0. The van der Waals surface area contributed by atoms with Gasteiger partial charge in [-0.2, -0.15) is 145 Å². The molecule has 0 N–H and O–H groups in total. The Morgan fingerprint density at radius 3 is 1.01 bits per heavy atom. The van der Waals surface area contributed by atoms with Crippen LogP contribution in [0.5, 0.6) is 0 Å². The molecule has 15 aliphatic carbocycles. The van der Waals surface area contributed by atoms with E-state index in [1.165, 1.54) is 13.8 Å². The Morgan fingerprint density at radius 2 is 0.655 bits per heavy atom. The molecule has 6 atom stereocenters. The third-order valence-corrected chi connectivity index (χ3v) is 26.5. The maximum absolute atomic E-state index is 14.0. The Kier molecular flexibility index (Phi) is 32.9. The van der Waals surface area contributed by atoms with Crippen LogP contribution in [0.1, 0.15) is 156 Å². The van der Waals surface area contributed by atoms with Gasteiger partial charge in [-0.3, -0.25) is 14.4 Å². The van der Waals surface area contributed by atoms with Crippen molar-refractivity contribution < 1.29 is 250 Å². The van der Waals surface area contributed by atoms with Gasteiger partial charge in [0.15, 0.2) is 18.4 Å². The molecule has 22 nitrogen and oxygen atoms in total. The fraction of sp³-hybridized carbons (Fsp3) is 0.798. The molecule has 12 bridgehead atoms. The largest absolute Gasteiger partial charge is 0.463 e. The molecule has 792 valence electrons. The molecule has 0 heterocycles. The fourth-order valence-corrected chi connectivity index (χ4v) is 21.1. The second-order valence-corrected chi connectivity index (χ2v) is 37.4. The molecule has 0 saturated heterocycles. The number of halogens is 33. The molecular formula is C84H93F33O22. The van der Waals surface area contributed by atoms with Gasteiger partial charge in [-0.1, -0.05) is 26.3 Å². The first kappa shape index (κ1) is 114. The van der Waals surface area contributed by atoms with E-state index in [4.69, 9.17) is 37.9 Å². The predicted molar refractivity (Wildman–Crippen MR) is 397 cm³/mol. The maximum Gasteiger partial charge on any atom is 0.460 e. The highest BCUT2D eigenvalue weighted by atomic mass is 19.4. The van der Waals surface area contributed by atoms with Crippen LogP contribution in [0, 0.1) is 65.1 Å². The van der Waals surface area contributed by atoms with Gasteiger partial charge in [0.2, 0.25) is 5.92 Å². The molecule has 0 amide bonds. The second-order valence-electron chi connectivity index (χ2n) is 37.4. The van der Waals surface area contributed by atoms with Crippen LogP contribution in [-0.2, 0) is 105 Å². The van der Waals surface area contributed by atoms with Crippen molar-refractivity contribution in [3.05, 3.63) is 48.6 Å². The number of rotatable bonds is 31. The van der Waals surface area contributed by atoms with Crippen molar-refractivity contribution >= 4 is 53.7 Å². The molecule has 6 unspecified atom stereocenters. The zero-order chi connectivity index (χ0) is 105. The van der Waals surface area contributed by atoms with Crippen LogP contribution in [0.3, 0.4) is 0 Å². The zero-order valence-corrected chi connectivity index (χ0v) is 73.4. The highest BCUT2D eigenvalue weighted by molar-refractivity contribution is 5.89. The Bertz CT molecular complexity index is 4460. The fourth-order valence-electron chi connectivity index (χ4n) is 21.1. The van der Waals surface area contributed by atoms with Crippen LogP contribution in [0.2, 0.25) is 0 Å². The molecule has 0 aromatic rings. The monoisotopic (exact) mass is 2080 g/mol. The van der Waals surface area contributed by atoms with E-state index >= 15 is 0 Å². The van der Waals surface area contributed by atoms with Crippen LogP contribution in [0.25, 0.3) is 0 Å². The third-order valence-electron chi connectivity index (χ3n) is 26.5. The van der Waals surface area contributed by atoms with Crippen molar-refractivity contribution in [2.24, 2.45) is 65.1 Å². The first-order valence-electron chi connectivity index (χ1n) is 42.8. The van der Waals surface area contributed by atoms with Crippen molar-refractivity contribution in [3.8, 4) is 0 Å². The molecule has 55 heteroatoms. The zero-order valence-electron chi connectivity index (χ0n) is 73.4. The highest BCUT2D eigenvalue weighted by Crippen LogP contribution is 2.70. The molecule has 0 aliphatic heterocycles. The first-order valence-corrected chi connectivity index (χ1v) is 42.8. The number of alkyl halides is 33. The molecule has 0 radical (unpaired) electrons. The standard InChI is InChI=1S/C23H24F10O5.C21H22F10O7.C20H23F7O5.C20H24F6O5/c1-11(2)15(34)38-18-8-12-5-13(9-18)7-17(6-12,10-18)37-4-3-36-16(35)14-19(24,25)21(28,29)23(32,33)22(30,31)20(14,26)27;1-10(2)15(33)37-9-13(32)38-12-5-3-11(4-6-12)35-7-8-36-16(34)14-17(22,23)19(26,27)21(30,31)20(28,29)18(14,24)25;1-10(2)15(28)32-17-7-11-5-12(8-17)14(13(6-11)9-17)30-3-4-31-16(29)18(21,22)19(23,24)20(25,26)27;1-10(2)16(27)31-18-7-11-5-12(8-18)14(13(6-11)9-18)29-3-4-30-17(28)15(19(21,22)23)20(24,25)26/h12-14H,1,3-10H2,2H3;11-12,14H,1,3-9H2,2H3;11-14H,1,3-9H2,2H3;11-15H,1,3-9H2,2H3. The Balaban J connectivity index is 0.000000208. The summed E-state index contributed by atoms with van der Waals surface area (Å²) >= 11 is 0. The lowest BCUT2D eigenvalue weighted by Crippen LogP contribution is -2.78. The van der Waals surface area contributed by atoms with Gasteiger partial charge >= 0.3 is 143 Å². The van der Waals surface area contributed by atoms with Crippen LogP contribution < -0.4 is 0 Å². The molecular weight excluding hydrogens is 1990 g/mol. The van der Waals surface area contributed by atoms with Crippen LogP contribution in [0.15, 0.2) is 48.6 Å². The van der Waals surface area contributed by atoms with E-state index in [9.17, 15) is 188 Å². The van der Waals surface area contributed by atoms with Crippen LogP contribution >= 0.6 is 0 Å². The smallest absolute Gasteiger partial charge is 0.460 e. The number of ether oxygens (including phenoxy) is 13. The number of esters is 9. The van der Waals surface area contributed by atoms with Crippen molar-refractivity contribution in [1.82, 2.24) is 0 Å². The topological polar surface area (TPSA) is 274 Å². The van der Waals surface area contributed by atoms with Crippen molar-refractivity contribution in [3.63, 3.8) is 0 Å². The summed E-state index contributed by atoms with van der Waals surface area (Å²) in [4.78, 5) is 105. The lowest BCUT2D eigenvalue weighted by molar-refractivity contribution is -0.458. The van der Waals surface area contributed by atoms with E-state index in [0.29, 0.717) is 68.8 Å². The minimum absolute atomic E-state index is 0.00845. The molecule has 15 fully saturated rings. The van der Waals surface area contributed by atoms with E-state index in [1.807, 2.05) is 0 Å². The highest BCUT2D eigenvalue weighted by Gasteiger charge is 2.98. The van der Waals surface area contributed by atoms with Gasteiger partial charge in [0, 0.05) is 28.7 Å². The molecule has 139 heavy (non-hydrogen) atoms. The van der Waals surface area contributed by atoms with Crippen LogP contribution in [0.4, 0.5) is 145 Å². The normalized spacial score (nSPS) is 32.2. The minimum atomic E-state index is -7.17. The van der Waals surface area contributed by atoms with E-state index in [1.54, 1.807) is 13.8 Å². The van der Waals surface area contributed by atoms with Crippen LogP contribution in [-0.4, -0.2) is 250 Å². The minimum Gasteiger partial charge on any atom is -0.463 e. The lowest BCUT2D eigenvalue weighted by atomic mass is 9.52. The Labute approximate surface area is 767 Å². The molecule has 15 rings (SSSR count). The number of carbonyl (C=O) groups excluding carboxylic acids is 9. The predicted octanol–water partition coefficient (Wildman–Crippen LogP) is 18.7. The van der Waals surface area contributed by atoms with Gasteiger partial charge in [0.05, 0.1) is 50.3 Å².